The van der Waals surface area contributed by atoms with Gasteiger partial charge < -0.3 is 9.47 Å². The highest BCUT2D eigenvalue weighted by atomic mass is 32.2. The van der Waals surface area contributed by atoms with Crippen molar-refractivity contribution in [3.05, 3.63) is 63.7 Å². The van der Waals surface area contributed by atoms with Gasteiger partial charge in [-0.05, 0) is 68.4 Å². The zero-order valence-electron chi connectivity index (χ0n) is 19.7. The highest BCUT2D eigenvalue weighted by Gasteiger charge is 2.27. The third-order valence-corrected chi connectivity index (χ3v) is 8.39. The molecule has 2 aromatic carbocycles. The summed E-state index contributed by atoms with van der Waals surface area (Å²) in [4.78, 5) is 15.3. The number of pyridine rings is 1. The molecule has 0 unspecified atom stereocenters. The number of anilines is 1. The molecule has 0 radical (unpaired) electrons. The fourth-order valence-electron chi connectivity index (χ4n) is 4.76. The Balaban J connectivity index is 1.95. The van der Waals surface area contributed by atoms with Gasteiger partial charge in [-0.3, -0.25) is 4.79 Å². The van der Waals surface area contributed by atoms with Crippen molar-refractivity contribution in [2.75, 3.05) is 18.0 Å². The van der Waals surface area contributed by atoms with Gasteiger partial charge in [-0.25, -0.2) is 12.8 Å². The number of aryl methyl sites for hydroxylation is 3. The van der Waals surface area contributed by atoms with Crippen molar-refractivity contribution < 1.29 is 12.8 Å². The minimum Gasteiger partial charge on any atom is -0.369 e. The van der Waals surface area contributed by atoms with Crippen molar-refractivity contribution in [3.63, 3.8) is 0 Å². The maximum Gasteiger partial charge on any atom is 0.212 e. The Morgan fingerprint density at radius 2 is 1.88 bits per heavy atom. The van der Waals surface area contributed by atoms with Crippen LogP contribution in [0.2, 0.25) is 0 Å². The fraction of sp³-hybridized carbons (Fsp3) is 0.423. The van der Waals surface area contributed by atoms with Crippen LogP contribution in [0.15, 0.2) is 51.1 Å². The molecule has 0 bridgehead atoms. The number of aromatic nitrogens is 1. The van der Waals surface area contributed by atoms with Gasteiger partial charge in [0.2, 0.25) is 15.3 Å². The van der Waals surface area contributed by atoms with Crippen LogP contribution in [0, 0.1) is 25.6 Å². The third kappa shape index (κ3) is 4.31. The molecule has 2 heterocycles. The van der Waals surface area contributed by atoms with E-state index in [1.807, 2.05) is 24.8 Å². The minimum atomic E-state index is -4.07. The van der Waals surface area contributed by atoms with E-state index >= 15 is 4.39 Å². The van der Waals surface area contributed by atoms with E-state index in [1.165, 1.54) is 12.3 Å². The van der Waals surface area contributed by atoms with E-state index in [0.29, 0.717) is 29.2 Å². The number of nitrogens with zero attached hydrogens (tertiary/aromatic N) is 2. The van der Waals surface area contributed by atoms with Gasteiger partial charge in [0.05, 0.1) is 21.5 Å². The Hall–Kier alpha value is -2.67. The topological polar surface area (TPSA) is 59.4 Å². The summed E-state index contributed by atoms with van der Waals surface area (Å²) in [6.45, 7) is 9.72. The molecular weight excluding hydrogens is 439 g/mol. The van der Waals surface area contributed by atoms with E-state index in [1.54, 1.807) is 29.7 Å². The molecule has 0 amide bonds. The molecule has 0 aliphatic carbocycles. The van der Waals surface area contributed by atoms with Crippen molar-refractivity contribution in [2.24, 2.45) is 5.92 Å². The summed E-state index contributed by atoms with van der Waals surface area (Å²) in [6.07, 6.45) is 4.29. The summed E-state index contributed by atoms with van der Waals surface area (Å²) in [5.41, 5.74) is 1.75. The van der Waals surface area contributed by atoms with E-state index in [9.17, 15) is 13.2 Å². The van der Waals surface area contributed by atoms with Gasteiger partial charge in [0.25, 0.3) is 0 Å². The summed E-state index contributed by atoms with van der Waals surface area (Å²) in [5.74, 6) is -0.0187. The lowest BCUT2D eigenvalue weighted by molar-refractivity contribution is 0.442. The molecule has 7 heteroatoms. The first-order valence-corrected chi connectivity index (χ1v) is 13.1. The number of rotatable bonds is 5. The monoisotopic (exact) mass is 470 g/mol. The largest absolute Gasteiger partial charge is 0.369 e. The quantitative estimate of drug-likeness (QED) is 0.512. The summed E-state index contributed by atoms with van der Waals surface area (Å²) in [7, 11) is -4.07. The van der Waals surface area contributed by atoms with E-state index in [2.05, 4.69) is 6.92 Å². The standard InChI is InChI=1S/C26H31FN2O3S/c1-5-10-28-16-25(33(31,32)24-12-17(2)8-9-19(24)4)26(30)20-13-21(27)23(14-22(20)28)29-11-6-7-18(3)15-29/h8-9,12-14,16,18H,5-7,10-11,15H2,1-4H3/t18-/m0/s1. The lowest BCUT2D eigenvalue weighted by Gasteiger charge is -2.33. The number of fused-ring (bicyclic) bond motifs is 1. The van der Waals surface area contributed by atoms with Crippen molar-refractivity contribution in [3.8, 4) is 0 Å². The first kappa shape index (κ1) is 23.5. The predicted molar refractivity (Wildman–Crippen MR) is 130 cm³/mol. The molecule has 0 N–H and O–H groups in total. The SMILES string of the molecule is CCCn1cc(S(=O)(=O)c2cc(C)ccc2C)c(=O)c2cc(F)c(N3CCC[C@H](C)C3)cc21. The maximum absolute atomic E-state index is 15.3. The molecule has 3 aromatic rings. The normalized spacial score (nSPS) is 17.0. The molecule has 0 saturated carbocycles. The highest BCUT2D eigenvalue weighted by molar-refractivity contribution is 7.91. The van der Waals surface area contributed by atoms with Gasteiger partial charge in [0.15, 0.2) is 0 Å². The molecule has 176 valence electrons. The second-order valence-corrected chi connectivity index (χ2v) is 11.2. The van der Waals surface area contributed by atoms with Crippen molar-refractivity contribution in [1.82, 2.24) is 4.57 Å². The molecule has 1 aliphatic rings. The van der Waals surface area contributed by atoms with Crippen LogP contribution < -0.4 is 10.3 Å². The molecule has 1 aliphatic heterocycles. The van der Waals surface area contributed by atoms with Gasteiger partial charge in [0.1, 0.15) is 10.7 Å². The zero-order chi connectivity index (χ0) is 23.9. The lowest BCUT2D eigenvalue weighted by atomic mass is 9.99. The van der Waals surface area contributed by atoms with Crippen molar-refractivity contribution >= 4 is 26.4 Å². The maximum atomic E-state index is 15.3. The van der Waals surface area contributed by atoms with E-state index < -0.39 is 21.1 Å². The van der Waals surface area contributed by atoms with E-state index in [4.69, 9.17) is 0 Å². The average molecular weight is 471 g/mol. The second-order valence-electron chi connectivity index (χ2n) is 9.30. The number of hydrogen-bond acceptors (Lipinski definition) is 4. The Kier molecular flexibility index (Phi) is 6.36. The molecule has 1 aromatic heterocycles. The number of hydrogen-bond donors (Lipinski definition) is 0. The van der Waals surface area contributed by atoms with Crippen LogP contribution in [-0.2, 0) is 16.4 Å². The van der Waals surface area contributed by atoms with Gasteiger partial charge >= 0.3 is 0 Å². The van der Waals surface area contributed by atoms with Crippen LogP contribution in [-0.4, -0.2) is 26.1 Å². The third-order valence-electron chi connectivity index (χ3n) is 6.50. The van der Waals surface area contributed by atoms with Crippen LogP contribution in [0.4, 0.5) is 10.1 Å². The van der Waals surface area contributed by atoms with Crippen LogP contribution in [0.25, 0.3) is 10.9 Å². The number of halogens is 1. The average Bonchev–Trinajstić information content (AvgIpc) is 2.77. The van der Waals surface area contributed by atoms with Gasteiger partial charge in [-0.2, -0.15) is 0 Å². The van der Waals surface area contributed by atoms with Crippen LogP contribution in [0.1, 0.15) is 44.2 Å². The molecule has 1 saturated heterocycles. The molecule has 5 nitrogen and oxygen atoms in total. The van der Waals surface area contributed by atoms with Crippen LogP contribution in [0.5, 0.6) is 0 Å². The second kappa shape index (κ2) is 8.93. The van der Waals surface area contributed by atoms with Gasteiger partial charge in [0, 0.05) is 25.8 Å². The Morgan fingerprint density at radius 3 is 2.58 bits per heavy atom. The van der Waals surface area contributed by atoms with Crippen molar-refractivity contribution in [1.29, 1.82) is 0 Å². The summed E-state index contributed by atoms with van der Waals surface area (Å²) >= 11 is 0. The molecule has 1 atom stereocenters. The van der Waals surface area contributed by atoms with E-state index in [-0.39, 0.29) is 15.2 Å². The highest BCUT2D eigenvalue weighted by Crippen LogP contribution is 2.31. The number of piperidine rings is 1. The van der Waals surface area contributed by atoms with Crippen LogP contribution >= 0.6 is 0 Å². The Labute approximate surface area is 194 Å². The number of sulfone groups is 1. The Bertz CT molecular complexity index is 1380. The molecular formula is C26H31FN2O3S. The van der Waals surface area contributed by atoms with Crippen molar-refractivity contribution in [2.45, 2.75) is 63.3 Å². The first-order chi connectivity index (χ1) is 15.6. The smallest absolute Gasteiger partial charge is 0.212 e. The lowest BCUT2D eigenvalue weighted by Crippen LogP contribution is -2.35. The Morgan fingerprint density at radius 1 is 1.12 bits per heavy atom. The summed E-state index contributed by atoms with van der Waals surface area (Å²) < 4.78 is 44.1. The molecule has 0 spiro atoms. The van der Waals surface area contributed by atoms with Crippen LogP contribution in [0.3, 0.4) is 0 Å². The fourth-order valence-corrected chi connectivity index (χ4v) is 6.45. The summed E-state index contributed by atoms with van der Waals surface area (Å²) in [6, 6.07) is 8.09. The minimum absolute atomic E-state index is 0.0983. The molecule has 1 fully saturated rings. The zero-order valence-corrected chi connectivity index (χ0v) is 20.5. The first-order valence-electron chi connectivity index (χ1n) is 11.6. The van der Waals surface area contributed by atoms with E-state index in [0.717, 1.165) is 37.9 Å². The summed E-state index contributed by atoms with van der Waals surface area (Å²) in [5, 5.41) is 0.0983. The van der Waals surface area contributed by atoms with Gasteiger partial charge in [-0.1, -0.05) is 26.0 Å². The number of benzene rings is 2. The molecule has 4 rings (SSSR count). The predicted octanol–water partition coefficient (Wildman–Crippen LogP) is 5.24. The molecule has 33 heavy (non-hydrogen) atoms. The van der Waals surface area contributed by atoms with Gasteiger partial charge in [-0.15, -0.1) is 0 Å².